The van der Waals surface area contributed by atoms with E-state index in [-0.39, 0.29) is 23.8 Å². The van der Waals surface area contributed by atoms with Crippen molar-refractivity contribution < 1.29 is 14.3 Å². The molecule has 1 heterocycles. The Hall–Kier alpha value is -1.88. The number of ether oxygens (including phenoxy) is 1. The lowest BCUT2D eigenvalue weighted by molar-refractivity contribution is -0.124. The minimum Gasteiger partial charge on any atom is -0.376 e. The summed E-state index contributed by atoms with van der Waals surface area (Å²) in [4.78, 5) is 24.8. The van der Waals surface area contributed by atoms with Crippen LogP contribution < -0.4 is 10.6 Å². The molecule has 1 aliphatic heterocycles. The zero-order valence-electron chi connectivity index (χ0n) is 14.8. The van der Waals surface area contributed by atoms with Gasteiger partial charge in [0.2, 0.25) is 5.91 Å². The van der Waals surface area contributed by atoms with Crippen LogP contribution in [-0.4, -0.2) is 37.1 Å². The summed E-state index contributed by atoms with van der Waals surface area (Å²) in [5.74, 6) is -0.365. The topological polar surface area (TPSA) is 67.4 Å². The standard InChI is InChI=1S/C19H28N2O3/c1-4-14-7-9-15(10-8-14)18(22)21-17(13(2)3)19(23)20-12-16-6-5-11-24-16/h7-10,13,16-17H,4-6,11-12H2,1-3H3,(H,20,23)(H,21,22)/t16-,17-/m1/s1. The van der Waals surface area contributed by atoms with Crippen molar-refractivity contribution in [3.63, 3.8) is 0 Å². The summed E-state index contributed by atoms with van der Waals surface area (Å²) in [6.07, 6.45) is 3.04. The second-order valence-electron chi connectivity index (χ2n) is 6.63. The Labute approximate surface area is 144 Å². The van der Waals surface area contributed by atoms with Gasteiger partial charge in [-0.3, -0.25) is 9.59 Å². The van der Waals surface area contributed by atoms with Crippen LogP contribution in [-0.2, 0) is 16.0 Å². The fraction of sp³-hybridized carbons (Fsp3) is 0.579. The monoisotopic (exact) mass is 332 g/mol. The van der Waals surface area contributed by atoms with Gasteiger partial charge in [0.25, 0.3) is 5.91 Å². The van der Waals surface area contributed by atoms with Crippen LogP contribution in [0.5, 0.6) is 0 Å². The summed E-state index contributed by atoms with van der Waals surface area (Å²) in [5.41, 5.74) is 1.76. The summed E-state index contributed by atoms with van der Waals surface area (Å²) < 4.78 is 5.51. The van der Waals surface area contributed by atoms with Crippen LogP contribution in [0.25, 0.3) is 0 Å². The fourth-order valence-electron chi connectivity index (χ4n) is 2.78. The number of carbonyl (C=O) groups is 2. The maximum atomic E-state index is 12.4. The van der Waals surface area contributed by atoms with E-state index >= 15 is 0 Å². The Morgan fingerprint density at radius 2 is 1.96 bits per heavy atom. The lowest BCUT2D eigenvalue weighted by atomic mass is 10.0. The van der Waals surface area contributed by atoms with Crippen LogP contribution in [0.2, 0.25) is 0 Å². The van der Waals surface area contributed by atoms with Gasteiger partial charge in [-0.2, -0.15) is 0 Å². The van der Waals surface area contributed by atoms with Gasteiger partial charge in [0.1, 0.15) is 6.04 Å². The minimum atomic E-state index is -0.551. The molecule has 132 valence electrons. The highest BCUT2D eigenvalue weighted by Gasteiger charge is 2.26. The first-order valence-corrected chi connectivity index (χ1v) is 8.80. The Balaban J connectivity index is 1.93. The third kappa shape index (κ3) is 5.06. The smallest absolute Gasteiger partial charge is 0.251 e. The molecule has 1 aliphatic rings. The molecule has 0 radical (unpaired) electrons. The number of carbonyl (C=O) groups excluding carboxylic acids is 2. The van der Waals surface area contributed by atoms with Crippen molar-refractivity contribution in [1.82, 2.24) is 10.6 Å². The van der Waals surface area contributed by atoms with Gasteiger partial charge in [0.05, 0.1) is 6.10 Å². The molecule has 2 amide bonds. The highest BCUT2D eigenvalue weighted by Crippen LogP contribution is 2.11. The number of aryl methyl sites for hydroxylation is 1. The highest BCUT2D eigenvalue weighted by atomic mass is 16.5. The van der Waals surface area contributed by atoms with Crippen molar-refractivity contribution >= 4 is 11.8 Å². The molecule has 5 nitrogen and oxygen atoms in total. The molecule has 0 aromatic heterocycles. The van der Waals surface area contributed by atoms with E-state index in [9.17, 15) is 9.59 Å². The molecule has 1 saturated heterocycles. The van der Waals surface area contributed by atoms with Gasteiger partial charge in [0.15, 0.2) is 0 Å². The molecule has 1 aromatic carbocycles. The van der Waals surface area contributed by atoms with Gasteiger partial charge in [-0.1, -0.05) is 32.9 Å². The first-order valence-electron chi connectivity index (χ1n) is 8.80. The van der Waals surface area contributed by atoms with Crippen molar-refractivity contribution in [2.24, 2.45) is 5.92 Å². The molecule has 0 spiro atoms. The van der Waals surface area contributed by atoms with E-state index in [1.165, 1.54) is 5.56 Å². The van der Waals surface area contributed by atoms with Crippen LogP contribution >= 0.6 is 0 Å². The predicted octanol–water partition coefficient (Wildman–Crippen LogP) is 2.30. The third-order valence-electron chi connectivity index (χ3n) is 4.39. The van der Waals surface area contributed by atoms with Crippen molar-refractivity contribution in [3.8, 4) is 0 Å². The lowest BCUT2D eigenvalue weighted by Crippen LogP contribution is -2.50. The van der Waals surface area contributed by atoms with Crippen LogP contribution in [0.1, 0.15) is 49.5 Å². The molecule has 0 unspecified atom stereocenters. The maximum absolute atomic E-state index is 12.4. The van der Waals surface area contributed by atoms with E-state index in [1.807, 2.05) is 26.0 Å². The van der Waals surface area contributed by atoms with Crippen LogP contribution in [0.3, 0.4) is 0 Å². The predicted molar refractivity (Wildman–Crippen MR) is 93.9 cm³/mol. The molecular formula is C19H28N2O3. The van der Waals surface area contributed by atoms with Crippen molar-refractivity contribution in [2.45, 2.75) is 52.2 Å². The number of benzene rings is 1. The number of nitrogens with one attached hydrogen (secondary N) is 2. The number of rotatable bonds is 7. The Bertz CT molecular complexity index is 548. The summed E-state index contributed by atoms with van der Waals surface area (Å²) in [6.45, 7) is 7.19. The normalized spacial score (nSPS) is 18.4. The van der Waals surface area contributed by atoms with Gasteiger partial charge in [-0.15, -0.1) is 0 Å². The van der Waals surface area contributed by atoms with Gasteiger partial charge < -0.3 is 15.4 Å². The summed E-state index contributed by atoms with van der Waals surface area (Å²) in [5, 5.41) is 5.76. The molecule has 2 atom stereocenters. The van der Waals surface area contributed by atoms with Crippen LogP contribution in [0.4, 0.5) is 0 Å². The molecule has 0 saturated carbocycles. The van der Waals surface area contributed by atoms with Crippen LogP contribution in [0.15, 0.2) is 24.3 Å². The zero-order chi connectivity index (χ0) is 17.5. The van der Waals surface area contributed by atoms with E-state index in [0.29, 0.717) is 12.1 Å². The van der Waals surface area contributed by atoms with E-state index in [0.717, 1.165) is 25.9 Å². The summed E-state index contributed by atoms with van der Waals surface area (Å²) in [6, 6.07) is 6.93. The number of hydrogen-bond donors (Lipinski definition) is 2. The van der Waals surface area contributed by atoms with E-state index < -0.39 is 6.04 Å². The molecule has 24 heavy (non-hydrogen) atoms. The van der Waals surface area contributed by atoms with E-state index in [1.54, 1.807) is 12.1 Å². The molecule has 0 bridgehead atoms. The van der Waals surface area contributed by atoms with Gasteiger partial charge in [0, 0.05) is 18.7 Å². The maximum Gasteiger partial charge on any atom is 0.251 e. The lowest BCUT2D eigenvalue weighted by Gasteiger charge is -2.22. The second kappa shape index (κ2) is 8.83. The van der Waals surface area contributed by atoms with E-state index in [2.05, 4.69) is 17.6 Å². The van der Waals surface area contributed by atoms with Crippen LogP contribution in [0, 0.1) is 5.92 Å². The first kappa shape index (κ1) is 18.5. The average Bonchev–Trinajstić information content (AvgIpc) is 3.10. The fourth-order valence-corrected chi connectivity index (χ4v) is 2.78. The van der Waals surface area contributed by atoms with Crippen molar-refractivity contribution in [2.75, 3.05) is 13.2 Å². The van der Waals surface area contributed by atoms with Crippen molar-refractivity contribution in [1.29, 1.82) is 0 Å². The molecule has 2 N–H and O–H groups in total. The molecule has 5 heteroatoms. The highest BCUT2D eigenvalue weighted by molar-refractivity contribution is 5.97. The minimum absolute atomic E-state index is 0.00774. The third-order valence-corrected chi connectivity index (χ3v) is 4.39. The average molecular weight is 332 g/mol. The van der Waals surface area contributed by atoms with Gasteiger partial charge in [-0.25, -0.2) is 0 Å². The summed E-state index contributed by atoms with van der Waals surface area (Å²) in [7, 11) is 0. The molecule has 1 aromatic rings. The Morgan fingerprint density at radius 3 is 2.50 bits per heavy atom. The Kier molecular flexibility index (Phi) is 6.79. The molecule has 2 rings (SSSR count). The Morgan fingerprint density at radius 1 is 1.25 bits per heavy atom. The SMILES string of the molecule is CCc1ccc(C(=O)N[C@@H](C(=O)NC[C@H]2CCCO2)C(C)C)cc1. The molecular weight excluding hydrogens is 304 g/mol. The second-order valence-corrected chi connectivity index (χ2v) is 6.63. The quantitative estimate of drug-likeness (QED) is 0.805. The largest absolute Gasteiger partial charge is 0.376 e. The number of hydrogen-bond acceptors (Lipinski definition) is 3. The zero-order valence-corrected chi connectivity index (χ0v) is 14.8. The van der Waals surface area contributed by atoms with Crippen molar-refractivity contribution in [3.05, 3.63) is 35.4 Å². The van der Waals surface area contributed by atoms with E-state index in [4.69, 9.17) is 4.74 Å². The van der Waals surface area contributed by atoms with Gasteiger partial charge in [-0.05, 0) is 42.9 Å². The van der Waals surface area contributed by atoms with Gasteiger partial charge >= 0.3 is 0 Å². The number of amides is 2. The summed E-state index contributed by atoms with van der Waals surface area (Å²) >= 11 is 0. The molecule has 1 fully saturated rings. The molecule has 0 aliphatic carbocycles. The first-order chi connectivity index (χ1) is 11.5.